The molecule has 0 fully saturated rings. The van der Waals surface area contributed by atoms with Crippen LogP contribution in [0, 0.1) is 11.3 Å². The maximum absolute atomic E-state index is 10.3. The Morgan fingerprint density at radius 3 is 2.74 bits per heavy atom. The molecule has 3 rings (SSSR count). The largest absolute Gasteiger partial charge is 0.497 e. The highest BCUT2D eigenvalue weighted by Gasteiger charge is 2.41. The van der Waals surface area contributed by atoms with Crippen molar-refractivity contribution in [1.82, 2.24) is 0 Å². The summed E-state index contributed by atoms with van der Waals surface area (Å²) < 4.78 is 11.1. The molecule has 2 aliphatic carbocycles. The van der Waals surface area contributed by atoms with Crippen LogP contribution in [0.4, 0.5) is 0 Å². The van der Waals surface area contributed by atoms with Crippen molar-refractivity contribution >= 4 is 0 Å². The van der Waals surface area contributed by atoms with Gasteiger partial charge in [0.05, 0.1) is 26.4 Å². The molecule has 0 bridgehead atoms. The second-order valence-corrected chi connectivity index (χ2v) is 6.47. The second kappa shape index (κ2) is 6.73. The Morgan fingerprint density at radius 1 is 1.22 bits per heavy atom. The Labute approximate surface area is 137 Å². The topological polar surface area (TPSA) is 38.7 Å². The number of fused-ring (bicyclic) bond motifs is 1. The molecule has 1 aromatic carbocycles. The maximum atomic E-state index is 10.3. The van der Waals surface area contributed by atoms with Crippen LogP contribution in [0.3, 0.4) is 0 Å². The summed E-state index contributed by atoms with van der Waals surface area (Å²) in [6.07, 6.45) is 10.8. The molecule has 3 atom stereocenters. The molecule has 0 saturated heterocycles. The molecule has 0 aromatic heterocycles. The van der Waals surface area contributed by atoms with Gasteiger partial charge in [0.25, 0.3) is 0 Å². The summed E-state index contributed by atoms with van der Waals surface area (Å²) >= 11 is 0. The summed E-state index contributed by atoms with van der Waals surface area (Å²) in [4.78, 5) is 0. The number of methoxy groups -OCH3 is 1. The van der Waals surface area contributed by atoms with Crippen LogP contribution >= 0.6 is 0 Å². The van der Waals surface area contributed by atoms with Gasteiger partial charge in [-0.2, -0.15) is 0 Å². The SMILES string of the molecule is COc1ccc(COCC2=CC=C[C@]3(C)[C@H](O)C=CC[C@H]23)cc1. The smallest absolute Gasteiger partial charge is 0.118 e. The lowest BCUT2D eigenvalue weighted by Crippen LogP contribution is -2.41. The quantitative estimate of drug-likeness (QED) is 0.844. The van der Waals surface area contributed by atoms with Crippen LogP contribution in [0.5, 0.6) is 5.75 Å². The van der Waals surface area contributed by atoms with Crippen molar-refractivity contribution in [3.63, 3.8) is 0 Å². The lowest BCUT2D eigenvalue weighted by atomic mass is 9.63. The maximum Gasteiger partial charge on any atom is 0.118 e. The minimum atomic E-state index is -0.428. The molecule has 2 aliphatic rings. The summed E-state index contributed by atoms with van der Waals surface area (Å²) in [7, 11) is 1.67. The highest BCUT2D eigenvalue weighted by Crippen LogP contribution is 2.45. The highest BCUT2D eigenvalue weighted by atomic mass is 16.5. The molecule has 3 heteroatoms. The molecule has 0 unspecified atom stereocenters. The van der Waals surface area contributed by atoms with Crippen LogP contribution in [0.15, 0.2) is 60.2 Å². The number of hydrogen-bond donors (Lipinski definition) is 1. The van der Waals surface area contributed by atoms with Crippen molar-refractivity contribution in [2.45, 2.75) is 26.1 Å². The fourth-order valence-electron chi connectivity index (χ4n) is 3.43. The fraction of sp³-hybridized carbons (Fsp3) is 0.400. The van der Waals surface area contributed by atoms with Crippen LogP contribution in [0.25, 0.3) is 0 Å². The zero-order valence-electron chi connectivity index (χ0n) is 13.7. The number of hydrogen-bond acceptors (Lipinski definition) is 3. The van der Waals surface area contributed by atoms with E-state index in [0.29, 0.717) is 19.1 Å². The van der Waals surface area contributed by atoms with Crippen molar-refractivity contribution in [3.05, 3.63) is 65.8 Å². The molecule has 0 amide bonds. The van der Waals surface area contributed by atoms with Crippen LogP contribution in [-0.4, -0.2) is 24.9 Å². The molecule has 0 heterocycles. The number of rotatable bonds is 5. The summed E-state index contributed by atoms with van der Waals surface area (Å²) in [5.74, 6) is 1.16. The van der Waals surface area contributed by atoms with Gasteiger partial charge >= 0.3 is 0 Å². The van der Waals surface area contributed by atoms with Crippen molar-refractivity contribution in [2.75, 3.05) is 13.7 Å². The van der Waals surface area contributed by atoms with Gasteiger partial charge in [0.15, 0.2) is 0 Å². The zero-order chi connectivity index (χ0) is 16.3. The number of benzene rings is 1. The molecule has 0 aliphatic heterocycles. The average molecular weight is 312 g/mol. The normalized spacial score (nSPS) is 29.1. The van der Waals surface area contributed by atoms with E-state index in [4.69, 9.17) is 9.47 Å². The van der Waals surface area contributed by atoms with Crippen molar-refractivity contribution in [1.29, 1.82) is 0 Å². The van der Waals surface area contributed by atoms with E-state index in [0.717, 1.165) is 17.7 Å². The van der Waals surface area contributed by atoms with Gasteiger partial charge in [-0.3, -0.25) is 0 Å². The van der Waals surface area contributed by atoms with Crippen molar-refractivity contribution < 1.29 is 14.6 Å². The van der Waals surface area contributed by atoms with E-state index in [-0.39, 0.29) is 5.41 Å². The minimum Gasteiger partial charge on any atom is -0.497 e. The number of aliphatic hydroxyl groups is 1. The molecule has 1 aromatic rings. The van der Waals surface area contributed by atoms with Crippen LogP contribution in [-0.2, 0) is 11.3 Å². The lowest BCUT2D eigenvalue weighted by molar-refractivity contribution is 0.0558. The van der Waals surface area contributed by atoms with E-state index in [9.17, 15) is 5.11 Å². The average Bonchev–Trinajstić information content (AvgIpc) is 2.57. The summed E-state index contributed by atoms with van der Waals surface area (Å²) in [6, 6.07) is 7.93. The fourth-order valence-corrected chi connectivity index (χ4v) is 3.43. The van der Waals surface area contributed by atoms with Gasteiger partial charge in [-0.1, -0.05) is 49.4 Å². The minimum absolute atomic E-state index is 0.220. The zero-order valence-corrected chi connectivity index (χ0v) is 13.7. The van der Waals surface area contributed by atoms with Gasteiger partial charge in [0.2, 0.25) is 0 Å². The Bertz CT molecular complexity index is 627. The van der Waals surface area contributed by atoms with E-state index >= 15 is 0 Å². The van der Waals surface area contributed by atoms with E-state index in [2.05, 4.69) is 25.2 Å². The Morgan fingerprint density at radius 2 is 2.00 bits per heavy atom. The first-order valence-corrected chi connectivity index (χ1v) is 8.07. The van der Waals surface area contributed by atoms with Gasteiger partial charge in [-0.15, -0.1) is 0 Å². The Kier molecular flexibility index (Phi) is 4.69. The molecule has 1 N–H and O–H groups in total. The number of ether oxygens (including phenoxy) is 2. The second-order valence-electron chi connectivity index (χ2n) is 6.47. The van der Waals surface area contributed by atoms with Gasteiger partial charge in [-0.25, -0.2) is 0 Å². The predicted molar refractivity (Wildman–Crippen MR) is 91.2 cm³/mol. The van der Waals surface area contributed by atoms with E-state index in [1.54, 1.807) is 7.11 Å². The molecule has 0 spiro atoms. The number of allylic oxidation sites excluding steroid dienone is 3. The van der Waals surface area contributed by atoms with E-state index in [1.165, 1.54) is 5.57 Å². The van der Waals surface area contributed by atoms with E-state index < -0.39 is 6.10 Å². The molecule has 122 valence electrons. The van der Waals surface area contributed by atoms with Crippen LogP contribution in [0.1, 0.15) is 18.9 Å². The first kappa shape index (κ1) is 16.0. The standard InChI is InChI=1S/C20H24O3/c1-20-12-4-5-16(18(20)6-3-7-19(20)21)14-23-13-15-8-10-17(22-2)11-9-15/h3-5,7-12,18-19,21H,6,13-14H2,1-2H3/t18-,19-,20+/m1/s1. The van der Waals surface area contributed by atoms with Crippen LogP contribution in [0.2, 0.25) is 0 Å². The Balaban J connectivity index is 1.60. The van der Waals surface area contributed by atoms with Crippen molar-refractivity contribution in [2.24, 2.45) is 11.3 Å². The van der Waals surface area contributed by atoms with Gasteiger partial charge < -0.3 is 14.6 Å². The predicted octanol–water partition coefficient (Wildman–Crippen LogP) is 3.65. The van der Waals surface area contributed by atoms with Crippen LogP contribution < -0.4 is 4.74 Å². The number of aliphatic hydroxyl groups excluding tert-OH is 1. The summed E-state index contributed by atoms with van der Waals surface area (Å²) in [6.45, 7) is 3.29. The third-order valence-corrected chi connectivity index (χ3v) is 4.99. The third-order valence-electron chi connectivity index (χ3n) is 4.99. The highest BCUT2D eigenvalue weighted by molar-refractivity contribution is 5.32. The van der Waals surface area contributed by atoms with Gasteiger partial charge in [0, 0.05) is 5.41 Å². The molecule has 3 nitrogen and oxygen atoms in total. The van der Waals surface area contributed by atoms with Gasteiger partial charge in [-0.05, 0) is 35.6 Å². The molecule has 0 radical (unpaired) electrons. The first-order chi connectivity index (χ1) is 11.1. The lowest BCUT2D eigenvalue weighted by Gasteiger charge is -2.43. The molecule has 23 heavy (non-hydrogen) atoms. The molecule has 0 saturated carbocycles. The van der Waals surface area contributed by atoms with Gasteiger partial charge in [0.1, 0.15) is 5.75 Å². The monoisotopic (exact) mass is 312 g/mol. The molecular formula is C20H24O3. The molecular weight excluding hydrogens is 288 g/mol. The summed E-state index contributed by atoms with van der Waals surface area (Å²) in [5.41, 5.74) is 2.17. The first-order valence-electron chi connectivity index (χ1n) is 8.07. The third kappa shape index (κ3) is 3.26. The van der Waals surface area contributed by atoms with E-state index in [1.807, 2.05) is 36.4 Å². The Hall–Kier alpha value is -1.84. The summed E-state index contributed by atoms with van der Waals surface area (Å²) in [5, 5.41) is 10.3. The van der Waals surface area contributed by atoms with Crippen molar-refractivity contribution in [3.8, 4) is 5.75 Å².